The smallest absolute Gasteiger partial charge is 0.131 e. The van der Waals surface area contributed by atoms with Gasteiger partial charge in [-0.25, -0.2) is 0 Å². The molecule has 0 spiro atoms. The molecular weight excluding hydrogens is 364 g/mol. The minimum absolute atomic E-state index is 0.333. The van der Waals surface area contributed by atoms with Crippen molar-refractivity contribution in [1.29, 1.82) is 0 Å². The van der Waals surface area contributed by atoms with E-state index in [4.69, 9.17) is 0 Å². The Hall–Kier alpha value is -3.58. The second kappa shape index (κ2) is 7.35. The number of phenolic OH excluding ortho intramolecular Hbond substituents is 1. The molecule has 1 aliphatic rings. The molecule has 1 N–H and O–H groups in total. The maximum absolute atomic E-state index is 11.2. The predicted molar refractivity (Wildman–Crippen MR) is 126 cm³/mol. The molecule has 1 aliphatic carbocycles. The summed E-state index contributed by atoms with van der Waals surface area (Å²) in [5.41, 5.74) is 11.7. The number of rotatable bonds is 3. The molecule has 0 bridgehead atoms. The Balaban J connectivity index is 1.64. The molecule has 5 rings (SSSR count). The first-order chi connectivity index (χ1) is 14.6. The van der Waals surface area contributed by atoms with Gasteiger partial charge in [0.2, 0.25) is 0 Å². The first kappa shape index (κ1) is 18.4. The van der Waals surface area contributed by atoms with E-state index in [1.54, 1.807) is 0 Å². The van der Waals surface area contributed by atoms with Crippen LogP contribution >= 0.6 is 0 Å². The molecule has 0 saturated carbocycles. The summed E-state index contributed by atoms with van der Waals surface area (Å²) in [6.07, 6.45) is 3.26. The SMILES string of the molecule is Cc1ccc(C)c2c1C=C(c1ccccc1-c1cccc(-c3ccccc3)c1O)C2. The van der Waals surface area contributed by atoms with E-state index >= 15 is 0 Å². The lowest BCUT2D eigenvalue weighted by Crippen LogP contribution is -1.93. The van der Waals surface area contributed by atoms with Crippen molar-refractivity contribution >= 4 is 11.6 Å². The Morgan fingerprint density at radius 2 is 1.23 bits per heavy atom. The topological polar surface area (TPSA) is 20.2 Å². The van der Waals surface area contributed by atoms with E-state index in [9.17, 15) is 5.11 Å². The standard InChI is InChI=1S/C29H24O/c1-19-15-16-20(2)28-18-22(17-27(19)28)23-11-6-7-12-25(23)26-14-8-13-24(29(26)30)21-9-4-3-5-10-21/h3-17,30H,18H2,1-2H3. The molecule has 0 amide bonds. The summed E-state index contributed by atoms with van der Waals surface area (Å²) in [4.78, 5) is 0. The molecule has 0 unspecified atom stereocenters. The van der Waals surface area contributed by atoms with Crippen LogP contribution in [0.1, 0.15) is 27.8 Å². The molecule has 0 fully saturated rings. The van der Waals surface area contributed by atoms with E-state index in [1.807, 2.05) is 54.6 Å². The maximum Gasteiger partial charge on any atom is 0.131 e. The number of phenols is 1. The molecule has 30 heavy (non-hydrogen) atoms. The van der Waals surface area contributed by atoms with Gasteiger partial charge in [0.05, 0.1) is 0 Å². The molecule has 1 nitrogen and oxygen atoms in total. The summed E-state index contributed by atoms with van der Waals surface area (Å²) < 4.78 is 0. The normalized spacial score (nSPS) is 12.5. The molecule has 0 atom stereocenters. The van der Waals surface area contributed by atoms with Gasteiger partial charge in [-0.2, -0.15) is 0 Å². The van der Waals surface area contributed by atoms with Gasteiger partial charge in [0, 0.05) is 11.1 Å². The summed E-state index contributed by atoms with van der Waals surface area (Å²) in [6, 6.07) is 28.9. The molecular formula is C29H24O. The van der Waals surface area contributed by atoms with Crippen LogP contribution in [-0.2, 0) is 6.42 Å². The van der Waals surface area contributed by atoms with Gasteiger partial charge in [0.25, 0.3) is 0 Å². The van der Waals surface area contributed by atoms with Crippen molar-refractivity contribution in [1.82, 2.24) is 0 Å². The van der Waals surface area contributed by atoms with Crippen molar-refractivity contribution in [3.05, 3.63) is 113 Å². The van der Waals surface area contributed by atoms with Gasteiger partial charge in [-0.05, 0) is 64.8 Å². The van der Waals surface area contributed by atoms with E-state index in [0.717, 1.165) is 28.7 Å². The van der Waals surface area contributed by atoms with Crippen molar-refractivity contribution in [3.8, 4) is 28.0 Å². The maximum atomic E-state index is 11.2. The lowest BCUT2D eigenvalue weighted by Gasteiger charge is -2.15. The molecule has 0 saturated heterocycles. The second-order valence-corrected chi connectivity index (χ2v) is 8.05. The average molecular weight is 389 g/mol. The van der Waals surface area contributed by atoms with Gasteiger partial charge < -0.3 is 5.11 Å². The zero-order chi connectivity index (χ0) is 20.7. The van der Waals surface area contributed by atoms with Crippen molar-refractivity contribution in [2.45, 2.75) is 20.3 Å². The lowest BCUT2D eigenvalue weighted by molar-refractivity contribution is 0.479. The summed E-state index contributed by atoms with van der Waals surface area (Å²) in [5.74, 6) is 0.333. The molecule has 0 heterocycles. The van der Waals surface area contributed by atoms with Crippen LogP contribution in [0.2, 0.25) is 0 Å². The van der Waals surface area contributed by atoms with E-state index in [1.165, 1.54) is 33.4 Å². The highest BCUT2D eigenvalue weighted by molar-refractivity contribution is 5.96. The minimum atomic E-state index is 0.333. The van der Waals surface area contributed by atoms with E-state index < -0.39 is 0 Å². The third-order valence-corrected chi connectivity index (χ3v) is 6.18. The number of allylic oxidation sites excluding steroid dienone is 1. The molecule has 146 valence electrons. The van der Waals surface area contributed by atoms with E-state index in [-0.39, 0.29) is 0 Å². The summed E-state index contributed by atoms with van der Waals surface area (Å²) in [6.45, 7) is 4.37. The molecule has 4 aromatic rings. The van der Waals surface area contributed by atoms with Gasteiger partial charge in [-0.1, -0.05) is 91.0 Å². The van der Waals surface area contributed by atoms with Crippen LogP contribution in [0.4, 0.5) is 0 Å². The fourth-order valence-electron chi connectivity index (χ4n) is 4.52. The summed E-state index contributed by atoms with van der Waals surface area (Å²) in [5, 5.41) is 11.2. The van der Waals surface area contributed by atoms with Gasteiger partial charge >= 0.3 is 0 Å². The first-order valence-corrected chi connectivity index (χ1v) is 10.4. The van der Waals surface area contributed by atoms with Crippen molar-refractivity contribution in [2.75, 3.05) is 0 Å². The molecule has 0 radical (unpaired) electrons. The van der Waals surface area contributed by atoms with Crippen molar-refractivity contribution in [2.24, 2.45) is 0 Å². The first-order valence-electron chi connectivity index (χ1n) is 10.4. The van der Waals surface area contributed by atoms with Crippen LogP contribution in [0.25, 0.3) is 33.9 Å². The number of hydrogen-bond donors (Lipinski definition) is 1. The molecule has 0 aliphatic heterocycles. The van der Waals surface area contributed by atoms with Crippen LogP contribution in [0.15, 0.2) is 84.9 Å². The molecule has 0 aromatic heterocycles. The number of fused-ring (bicyclic) bond motifs is 1. The van der Waals surface area contributed by atoms with Crippen molar-refractivity contribution < 1.29 is 5.11 Å². The molecule has 1 heteroatoms. The third-order valence-electron chi connectivity index (χ3n) is 6.18. The van der Waals surface area contributed by atoms with Crippen LogP contribution in [0, 0.1) is 13.8 Å². The van der Waals surface area contributed by atoms with Crippen LogP contribution in [0.3, 0.4) is 0 Å². The number of aromatic hydroxyl groups is 1. The second-order valence-electron chi connectivity index (χ2n) is 8.05. The quantitative estimate of drug-likeness (QED) is 0.387. The van der Waals surface area contributed by atoms with Gasteiger partial charge in [0.1, 0.15) is 5.75 Å². The fourth-order valence-corrected chi connectivity index (χ4v) is 4.52. The third kappa shape index (κ3) is 3.04. The van der Waals surface area contributed by atoms with Crippen LogP contribution in [0.5, 0.6) is 5.75 Å². The average Bonchev–Trinajstić information content (AvgIpc) is 3.24. The summed E-state index contributed by atoms with van der Waals surface area (Å²) >= 11 is 0. The number of aryl methyl sites for hydroxylation is 2. The predicted octanol–water partition coefficient (Wildman–Crippen LogP) is 7.44. The molecule has 4 aromatic carbocycles. The Kier molecular flexibility index (Phi) is 4.52. The zero-order valence-electron chi connectivity index (χ0n) is 17.3. The minimum Gasteiger partial charge on any atom is -0.507 e. The van der Waals surface area contributed by atoms with Gasteiger partial charge in [0.15, 0.2) is 0 Å². The highest BCUT2D eigenvalue weighted by Crippen LogP contribution is 2.43. The van der Waals surface area contributed by atoms with Crippen LogP contribution < -0.4 is 0 Å². The van der Waals surface area contributed by atoms with E-state index in [2.05, 4.69) is 50.3 Å². The summed E-state index contributed by atoms with van der Waals surface area (Å²) in [7, 11) is 0. The number of para-hydroxylation sites is 1. The highest BCUT2D eigenvalue weighted by Gasteiger charge is 2.21. The van der Waals surface area contributed by atoms with Gasteiger partial charge in [-0.3, -0.25) is 0 Å². The largest absolute Gasteiger partial charge is 0.507 e. The lowest BCUT2D eigenvalue weighted by atomic mass is 9.90. The Morgan fingerprint density at radius 1 is 0.600 bits per heavy atom. The Bertz CT molecular complexity index is 1280. The Morgan fingerprint density at radius 3 is 2.00 bits per heavy atom. The van der Waals surface area contributed by atoms with Gasteiger partial charge in [-0.15, -0.1) is 0 Å². The number of benzene rings is 4. The van der Waals surface area contributed by atoms with Crippen LogP contribution in [-0.4, -0.2) is 5.11 Å². The Labute approximate surface area is 178 Å². The van der Waals surface area contributed by atoms with E-state index in [0.29, 0.717) is 5.75 Å². The van der Waals surface area contributed by atoms with Crippen molar-refractivity contribution in [3.63, 3.8) is 0 Å². The number of hydrogen-bond acceptors (Lipinski definition) is 1. The fraction of sp³-hybridized carbons (Fsp3) is 0.103. The zero-order valence-corrected chi connectivity index (χ0v) is 17.3. The highest BCUT2D eigenvalue weighted by atomic mass is 16.3. The monoisotopic (exact) mass is 388 g/mol.